The van der Waals surface area contributed by atoms with Crippen molar-refractivity contribution in [2.45, 2.75) is 13.8 Å². The topological polar surface area (TPSA) is 64.4 Å². The lowest BCUT2D eigenvalue weighted by Gasteiger charge is -2.09. The molecule has 3 aromatic carbocycles. The number of aromatic nitrogens is 1. The van der Waals surface area contributed by atoms with E-state index in [-0.39, 0.29) is 16.0 Å². The molecule has 1 aromatic heterocycles. The highest BCUT2D eigenvalue weighted by atomic mass is 35.5. The highest BCUT2D eigenvalue weighted by Crippen LogP contribution is 2.34. The van der Waals surface area contributed by atoms with Gasteiger partial charge in [0.05, 0.1) is 17.2 Å². The molecule has 0 aliphatic carbocycles. The van der Waals surface area contributed by atoms with Crippen molar-refractivity contribution in [2.24, 2.45) is 0 Å². The highest BCUT2D eigenvalue weighted by molar-refractivity contribution is 6.37. The molecule has 0 bridgehead atoms. The number of carbonyl (C=O) groups is 1. The van der Waals surface area contributed by atoms with Gasteiger partial charge in [-0.2, -0.15) is 0 Å². The number of nitrogens with zero attached hydrogens (tertiary/aromatic N) is 1. The molecule has 7 heteroatoms. The number of anilines is 1. The van der Waals surface area contributed by atoms with Gasteiger partial charge in [-0.3, -0.25) is 4.79 Å². The Labute approximate surface area is 183 Å². The Hall–Kier alpha value is -3.02. The fraction of sp³-hybridized carbons (Fsp3) is 0.130. The van der Waals surface area contributed by atoms with E-state index in [1.165, 1.54) is 30.4 Å². The fourth-order valence-corrected chi connectivity index (χ4v) is 3.73. The molecular formula is C23H18Cl2N2O3. The van der Waals surface area contributed by atoms with Gasteiger partial charge in [-0.15, -0.1) is 0 Å². The summed E-state index contributed by atoms with van der Waals surface area (Å²) in [5.74, 6) is 0.516. The number of amides is 1. The van der Waals surface area contributed by atoms with E-state index in [4.69, 9.17) is 32.4 Å². The standard InChI is InChI=1S/C23H18Cl2N2O3/c1-12-4-5-14(8-13(12)2)23-27-19-11-16(6-7-20(19)30-23)26-22(28)15-9-17(24)21(29-3)18(25)10-15/h4-11H,1-3H3,(H,26,28). The number of fused-ring (bicyclic) bond motifs is 1. The molecule has 1 heterocycles. The van der Waals surface area contributed by atoms with E-state index in [0.29, 0.717) is 34.0 Å². The maximum absolute atomic E-state index is 12.6. The number of ether oxygens (including phenoxy) is 1. The summed E-state index contributed by atoms with van der Waals surface area (Å²) in [5.41, 5.74) is 5.46. The zero-order valence-corrected chi connectivity index (χ0v) is 18.1. The van der Waals surface area contributed by atoms with Crippen LogP contribution in [-0.2, 0) is 0 Å². The van der Waals surface area contributed by atoms with Crippen LogP contribution in [0.5, 0.6) is 5.75 Å². The van der Waals surface area contributed by atoms with Gasteiger partial charge in [0, 0.05) is 16.8 Å². The Morgan fingerprint density at radius 3 is 2.40 bits per heavy atom. The smallest absolute Gasteiger partial charge is 0.255 e. The molecule has 30 heavy (non-hydrogen) atoms. The Bertz CT molecular complexity index is 1260. The molecule has 0 saturated carbocycles. The van der Waals surface area contributed by atoms with Gasteiger partial charge in [-0.25, -0.2) is 4.98 Å². The van der Waals surface area contributed by atoms with Gasteiger partial charge in [0.1, 0.15) is 5.52 Å². The zero-order valence-electron chi connectivity index (χ0n) is 16.5. The van der Waals surface area contributed by atoms with Gasteiger partial charge in [-0.05, 0) is 67.4 Å². The van der Waals surface area contributed by atoms with Crippen molar-refractivity contribution < 1.29 is 13.9 Å². The first kappa shape index (κ1) is 20.3. The number of benzene rings is 3. The largest absolute Gasteiger partial charge is 0.494 e. The lowest BCUT2D eigenvalue weighted by Crippen LogP contribution is -2.12. The van der Waals surface area contributed by atoms with Crippen molar-refractivity contribution in [2.75, 3.05) is 12.4 Å². The molecule has 152 valence electrons. The van der Waals surface area contributed by atoms with Crippen LogP contribution in [0.1, 0.15) is 21.5 Å². The molecule has 0 aliphatic rings. The summed E-state index contributed by atoms with van der Waals surface area (Å²) < 4.78 is 11.0. The van der Waals surface area contributed by atoms with Crippen LogP contribution in [0.3, 0.4) is 0 Å². The van der Waals surface area contributed by atoms with Gasteiger partial charge in [0.2, 0.25) is 5.89 Å². The van der Waals surface area contributed by atoms with Crippen molar-refractivity contribution in [1.29, 1.82) is 0 Å². The Balaban J connectivity index is 1.61. The SMILES string of the molecule is COc1c(Cl)cc(C(=O)Nc2ccc3oc(-c4ccc(C)c(C)c4)nc3c2)cc1Cl. The highest BCUT2D eigenvalue weighted by Gasteiger charge is 2.15. The first-order valence-corrected chi connectivity index (χ1v) is 9.94. The number of methoxy groups -OCH3 is 1. The van der Waals surface area contributed by atoms with Gasteiger partial charge in [0.25, 0.3) is 5.91 Å². The molecule has 4 aromatic rings. The summed E-state index contributed by atoms with van der Waals surface area (Å²) in [5, 5.41) is 3.36. The van der Waals surface area contributed by atoms with Gasteiger partial charge < -0.3 is 14.5 Å². The maximum atomic E-state index is 12.6. The lowest BCUT2D eigenvalue weighted by atomic mass is 10.1. The van der Waals surface area contributed by atoms with Gasteiger partial charge in [-0.1, -0.05) is 29.3 Å². The minimum absolute atomic E-state index is 0.264. The third kappa shape index (κ3) is 3.86. The van der Waals surface area contributed by atoms with Crippen LogP contribution in [0.4, 0.5) is 5.69 Å². The molecule has 0 fully saturated rings. The summed E-state index contributed by atoms with van der Waals surface area (Å²) >= 11 is 12.3. The summed E-state index contributed by atoms with van der Waals surface area (Å²) in [6, 6.07) is 14.4. The predicted octanol–water partition coefficient (Wildman–Crippen LogP) is 6.68. The minimum atomic E-state index is -0.348. The zero-order chi connectivity index (χ0) is 21.4. The minimum Gasteiger partial charge on any atom is -0.494 e. The van der Waals surface area contributed by atoms with E-state index in [1.807, 2.05) is 25.1 Å². The molecule has 0 radical (unpaired) electrons. The van der Waals surface area contributed by atoms with Crippen molar-refractivity contribution in [3.05, 3.63) is 75.3 Å². The van der Waals surface area contributed by atoms with Crippen LogP contribution < -0.4 is 10.1 Å². The third-order valence-corrected chi connectivity index (χ3v) is 5.43. The van der Waals surface area contributed by atoms with Crippen LogP contribution in [0.15, 0.2) is 52.9 Å². The second-order valence-corrected chi connectivity index (χ2v) is 7.74. The normalized spacial score (nSPS) is 11.0. The number of oxazole rings is 1. The molecule has 0 aliphatic heterocycles. The van der Waals surface area contributed by atoms with Crippen molar-refractivity contribution >= 4 is 45.9 Å². The Kier molecular flexibility index (Phi) is 5.41. The summed E-state index contributed by atoms with van der Waals surface area (Å²) in [6.45, 7) is 4.11. The van der Waals surface area contributed by atoms with Crippen LogP contribution in [0.25, 0.3) is 22.6 Å². The second kappa shape index (κ2) is 8.01. The van der Waals surface area contributed by atoms with E-state index in [0.717, 1.165) is 5.56 Å². The number of carbonyl (C=O) groups excluding carboxylic acids is 1. The molecule has 0 spiro atoms. The monoisotopic (exact) mass is 440 g/mol. The third-order valence-electron chi connectivity index (χ3n) is 4.86. The second-order valence-electron chi connectivity index (χ2n) is 6.93. The summed E-state index contributed by atoms with van der Waals surface area (Å²) in [4.78, 5) is 17.2. The fourth-order valence-electron chi connectivity index (χ4n) is 3.09. The van der Waals surface area contributed by atoms with Crippen LogP contribution >= 0.6 is 23.2 Å². The van der Waals surface area contributed by atoms with Crippen molar-refractivity contribution in [3.8, 4) is 17.2 Å². The molecule has 0 unspecified atom stereocenters. The van der Waals surface area contributed by atoms with E-state index in [9.17, 15) is 4.79 Å². The molecule has 1 N–H and O–H groups in total. The molecule has 0 saturated heterocycles. The summed E-state index contributed by atoms with van der Waals surface area (Å²) in [7, 11) is 1.46. The van der Waals surface area contributed by atoms with Crippen molar-refractivity contribution in [3.63, 3.8) is 0 Å². The van der Waals surface area contributed by atoms with Crippen LogP contribution in [0, 0.1) is 13.8 Å². The first-order valence-electron chi connectivity index (χ1n) is 9.18. The summed E-state index contributed by atoms with van der Waals surface area (Å²) in [6.07, 6.45) is 0. The number of hydrogen-bond acceptors (Lipinski definition) is 4. The number of halogens is 2. The van der Waals surface area contributed by atoms with Crippen molar-refractivity contribution in [1.82, 2.24) is 4.98 Å². The first-order chi connectivity index (χ1) is 14.4. The quantitative estimate of drug-likeness (QED) is 0.384. The maximum Gasteiger partial charge on any atom is 0.255 e. The molecule has 0 atom stereocenters. The molecule has 1 amide bonds. The Morgan fingerprint density at radius 2 is 1.73 bits per heavy atom. The van der Waals surface area contributed by atoms with E-state index in [2.05, 4.69) is 17.2 Å². The lowest BCUT2D eigenvalue weighted by molar-refractivity contribution is 0.102. The average Bonchev–Trinajstić information content (AvgIpc) is 3.13. The molecule has 4 rings (SSSR count). The number of aryl methyl sites for hydroxylation is 2. The van der Waals surface area contributed by atoms with Crippen LogP contribution in [-0.4, -0.2) is 18.0 Å². The Morgan fingerprint density at radius 1 is 1.00 bits per heavy atom. The number of hydrogen-bond donors (Lipinski definition) is 1. The van der Waals surface area contributed by atoms with Gasteiger partial charge in [0.15, 0.2) is 11.3 Å². The van der Waals surface area contributed by atoms with E-state index in [1.54, 1.807) is 18.2 Å². The van der Waals surface area contributed by atoms with E-state index >= 15 is 0 Å². The molecule has 5 nitrogen and oxygen atoms in total. The molecular weight excluding hydrogens is 423 g/mol. The van der Waals surface area contributed by atoms with Gasteiger partial charge >= 0.3 is 0 Å². The van der Waals surface area contributed by atoms with Crippen LogP contribution in [0.2, 0.25) is 10.0 Å². The number of nitrogens with one attached hydrogen (secondary N) is 1. The average molecular weight is 441 g/mol. The van der Waals surface area contributed by atoms with E-state index < -0.39 is 0 Å². The number of rotatable bonds is 4. The predicted molar refractivity (Wildman–Crippen MR) is 120 cm³/mol.